The third-order valence-corrected chi connectivity index (χ3v) is 7.28. The summed E-state index contributed by atoms with van der Waals surface area (Å²) in [7, 11) is 6.55. The zero-order valence-corrected chi connectivity index (χ0v) is 22.2. The maximum Gasteiger partial charge on any atom is 0.254 e. The minimum absolute atomic E-state index is 0.00392. The van der Waals surface area contributed by atoms with E-state index in [-0.39, 0.29) is 17.9 Å². The number of allylic oxidation sites excluding steroid dienone is 2. The summed E-state index contributed by atoms with van der Waals surface area (Å²) >= 11 is 0. The maximum absolute atomic E-state index is 13.9. The van der Waals surface area contributed by atoms with E-state index >= 15 is 0 Å². The van der Waals surface area contributed by atoms with Crippen molar-refractivity contribution in [3.63, 3.8) is 0 Å². The quantitative estimate of drug-likeness (QED) is 0.502. The van der Waals surface area contributed by atoms with Crippen LogP contribution in [-0.4, -0.2) is 51.8 Å². The number of benzene rings is 2. The molecule has 1 heterocycles. The van der Waals surface area contributed by atoms with Crippen LogP contribution in [0.1, 0.15) is 66.1 Å². The lowest BCUT2D eigenvalue weighted by Crippen LogP contribution is -2.50. The highest BCUT2D eigenvalue weighted by Crippen LogP contribution is 2.49. The monoisotopic (exact) mass is 491 g/mol. The van der Waals surface area contributed by atoms with E-state index in [0.29, 0.717) is 29.4 Å². The van der Waals surface area contributed by atoms with Gasteiger partial charge in [-0.05, 0) is 72.2 Å². The van der Waals surface area contributed by atoms with Gasteiger partial charge in [0.1, 0.15) is 0 Å². The molecule has 192 valence electrons. The van der Waals surface area contributed by atoms with E-state index < -0.39 is 0 Å². The van der Waals surface area contributed by atoms with Gasteiger partial charge in [-0.15, -0.1) is 0 Å². The average molecular weight is 492 g/mol. The second-order valence-electron chi connectivity index (χ2n) is 8.98. The van der Waals surface area contributed by atoms with Crippen LogP contribution in [0.25, 0.3) is 0 Å². The summed E-state index contributed by atoms with van der Waals surface area (Å²) in [6.07, 6.45) is 10.4. The number of nitrogens with zero attached hydrogens (tertiary/aromatic N) is 1. The van der Waals surface area contributed by atoms with Crippen LogP contribution >= 0.6 is 0 Å². The second kappa shape index (κ2) is 11.1. The number of hydrogen-bond acceptors (Lipinski definition) is 5. The van der Waals surface area contributed by atoms with Gasteiger partial charge in [-0.2, -0.15) is 0 Å². The Morgan fingerprint density at radius 2 is 1.44 bits per heavy atom. The molecule has 0 saturated carbocycles. The van der Waals surface area contributed by atoms with Crippen molar-refractivity contribution in [1.82, 2.24) is 4.90 Å². The highest BCUT2D eigenvalue weighted by molar-refractivity contribution is 5.99. The lowest BCUT2D eigenvalue weighted by atomic mass is 9.71. The number of methoxy groups -OCH3 is 4. The number of amides is 1. The van der Waals surface area contributed by atoms with Crippen molar-refractivity contribution in [2.45, 2.75) is 51.5 Å². The van der Waals surface area contributed by atoms with Crippen molar-refractivity contribution in [1.29, 1.82) is 0 Å². The summed E-state index contributed by atoms with van der Waals surface area (Å²) in [5, 5.41) is 0. The molecule has 6 nitrogen and oxygen atoms in total. The molecular weight excluding hydrogens is 454 g/mol. The minimum atomic E-state index is 0.00392. The van der Waals surface area contributed by atoms with Gasteiger partial charge < -0.3 is 23.8 Å². The average Bonchev–Trinajstić information content (AvgIpc) is 2.94. The molecule has 0 fully saturated rings. The van der Waals surface area contributed by atoms with E-state index in [4.69, 9.17) is 18.9 Å². The minimum Gasteiger partial charge on any atom is -0.493 e. The fraction of sp³-hybridized carbons (Fsp3) is 0.433. The van der Waals surface area contributed by atoms with E-state index in [9.17, 15) is 4.79 Å². The van der Waals surface area contributed by atoms with Crippen molar-refractivity contribution in [2.75, 3.05) is 35.0 Å². The predicted octanol–water partition coefficient (Wildman–Crippen LogP) is 5.93. The van der Waals surface area contributed by atoms with Crippen LogP contribution in [0.2, 0.25) is 0 Å². The molecule has 6 heteroatoms. The first kappa shape index (κ1) is 25.7. The van der Waals surface area contributed by atoms with E-state index in [0.717, 1.165) is 37.0 Å². The Hall–Kier alpha value is -3.41. The normalized spacial score (nSPS) is 19.7. The summed E-state index contributed by atoms with van der Waals surface area (Å²) in [6, 6.07) is 8.02. The first-order valence-electron chi connectivity index (χ1n) is 12.8. The maximum atomic E-state index is 13.9. The van der Waals surface area contributed by atoms with Gasteiger partial charge in [0, 0.05) is 24.1 Å². The molecule has 5 rings (SSSR count). The SMILES string of the molecule is CC.COc1cc2c(cc1OC)[C@H]1c3cc(OC)c(OC)cc3C(=O)N(CC3=CCCC=C3)[C@@H]1CC2. The largest absolute Gasteiger partial charge is 0.493 e. The molecule has 1 aliphatic heterocycles. The van der Waals surface area contributed by atoms with Crippen molar-refractivity contribution >= 4 is 5.91 Å². The molecule has 3 aliphatic rings. The van der Waals surface area contributed by atoms with Crippen LogP contribution in [0.3, 0.4) is 0 Å². The molecule has 2 aromatic rings. The molecule has 2 atom stereocenters. The Balaban J connectivity index is 0.00000148. The Morgan fingerprint density at radius 1 is 0.833 bits per heavy atom. The van der Waals surface area contributed by atoms with Crippen LogP contribution in [-0.2, 0) is 6.42 Å². The molecule has 0 radical (unpaired) electrons. The lowest BCUT2D eigenvalue weighted by molar-refractivity contribution is 0.0631. The number of carbonyl (C=O) groups is 1. The van der Waals surface area contributed by atoms with Crippen molar-refractivity contribution in [2.24, 2.45) is 0 Å². The number of rotatable bonds is 6. The standard InChI is InChI=1S/C28H31NO5.C2H6/c1-31-23-12-18-10-11-22-27(19(18)13-24(23)32-2)20-14-25(33-3)26(34-4)15-21(20)28(30)29(22)16-17-8-6-5-7-9-17;1-2/h6,8-9,12-15,22,27H,5,7,10-11,16H2,1-4H3;1-2H3/t22-,27+;/m1./s1. The summed E-state index contributed by atoms with van der Waals surface area (Å²) in [5.41, 5.74) is 5.24. The number of aryl methyl sites for hydroxylation is 1. The molecule has 36 heavy (non-hydrogen) atoms. The first-order valence-corrected chi connectivity index (χ1v) is 12.8. The smallest absolute Gasteiger partial charge is 0.254 e. The van der Waals surface area contributed by atoms with Crippen LogP contribution in [0, 0.1) is 0 Å². The fourth-order valence-corrected chi connectivity index (χ4v) is 5.64. The van der Waals surface area contributed by atoms with E-state index in [1.807, 2.05) is 26.0 Å². The highest BCUT2D eigenvalue weighted by atomic mass is 16.5. The third-order valence-electron chi connectivity index (χ3n) is 7.28. The Bertz CT molecular complexity index is 1180. The van der Waals surface area contributed by atoms with Crippen LogP contribution in [0.5, 0.6) is 23.0 Å². The van der Waals surface area contributed by atoms with Gasteiger partial charge in [-0.1, -0.05) is 32.1 Å². The molecule has 2 aromatic carbocycles. The summed E-state index contributed by atoms with van der Waals surface area (Å²) in [4.78, 5) is 15.9. The number of carbonyl (C=O) groups excluding carboxylic acids is 1. The Morgan fingerprint density at radius 3 is 2.06 bits per heavy atom. The van der Waals surface area contributed by atoms with Gasteiger partial charge in [0.25, 0.3) is 5.91 Å². The van der Waals surface area contributed by atoms with Crippen LogP contribution in [0.4, 0.5) is 0 Å². The highest BCUT2D eigenvalue weighted by Gasteiger charge is 2.44. The molecule has 2 aliphatic carbocycles. The zero-order valence-electron chi connectivity index (χ0n) is 22.2. The van der Waals surface area contributed by atoms with Crippen molar-refractivity contribution in [3.05, 3.63) is 70.3 Å². The van der Waals surface area contributed by atoms with E-state index in [1.165, 1.54) is 16.7 Å². The van der Waals surface area contributed by atoms with Gasteiger partial charge in [0.15, 0.2) is 23.0 Å². The molecule has 0 bridgehead atoms. The van der Waals surface area contributed by atoms with Crippen molar-refractivity contribution in [3.8, 4) is 23.0 Å². The summed E-state index contributed by atoms with van der Waals surface area (Å²) in [6.45, 7) is 4.60. The van der Waals surface area contributed by atoms with Gasteiger partial charge in [-0.25, -0.2) is 0 Å². The van der Waals surface area contributed by atoms with E-state index in [2.05, 4.69) is 35.3 Å². The van der Waals surface area contributed by atoms with E-state index in [1.54, 1.807) is 28.4 Å². The van der Waals surface area contributed by atoms with Crippen molar-refractivity contribution < 1.29 is 23.7 Å². The molecule has 0 saturated heterocycles. The van der Waals surface area contributed by atoms with Crippen LogP contribution in [0.15, 0.2) is 48.1 Å². The Kier molecular flexibility index (Phi) is 7.92. The summed E-state index contributed by atoms with van der Waals surface area (Å²) < 4.78 is 22.4. The topological polar surface area (TPSA) is 57.2 Å². The molecule has 1 amide bonds. The fourth-order valence-electron chi connectivity index (χ4n) is 5.64. The van der Waals surface area contributed by atoms with Gasteiger partial charge >= 0.3 is 0 Å². The third kappa shape index (κ3) is 4.45. The lowest BCUT2D eigenvalue weighted by Gasteiger charge is -2.46. The summed E-state index contributed by atoms with van der Waals surface area (Å²) in [5.74, 6) is 2.67. The number of fused-ring (bicyclic) bond motifs is 5. The van der Waals surface area contributed by atoms with Gasteiger partial charge in [0.05, 0.1) is 28.4 Å². The molecular formula is C30H37NO5. The predicted molar refractivity (Wildman–Crippen MR) is 142 cm³/mol. The van der Waals surface area contributed by atoms with Gasteiger partial charge in [-0.3, -0.25) is 4.79 Å². The number of ether oxygens (including phenoxy) is 4. The molecule has 0 N–H and O–H groups in total. The van der Waals surface area contributed by atoms with Crippen LogP contribution < -0.4 is 18.9 Å². The number of hydrogen-bond donors (Lipinski definition) is 0. The molecule has 0 spiro atoms. The second-order valence-corrected chi connectivity index (χ2v) is 8.98. The molecule has 0 unspecified atom stereocenters. The van der Waals surface area contributed by atoms with Gasteiger partial charge in [0.2, 0.25) is 0 Å². The molecule has 0 aromatic heterocycles. The zero-order chi connectivity index (χ0) is 25.8. The Labute approximate surface area is 214 Å². The first-order chi connectivity index (χ1) is 17.6.